The first kappa shape index (κ1) is 12.9. The van der Waals surface area contributed by atoms with Gasteiger partial charge >= 0.3 is 0 Å². The second kappa shape index (κ2) is 6.35. The summed E-state index contributed by atoms with van der Waals surface area (Å²) < 4.78 is 10.8. The van der Waals surface area contributed by atoms with Gasteiger partial charge < -0.3 is 9.47 Å². The van der Waals surface area contributed by atoms with Gasteiger partial charge in [-0.1, -0.05) is 19.8 Å². The fraction of sp³-hybridized carbons (Fsp3) is 1.00. The zero-order valence-electron chi connectivity index (χ0n) is 9.59. The van der Waals surface area contributed by atoms with E-state index in [-0.39, 0.29) is 0 Å². The molecule has 0 aromatic rings. The highest BCUT2D eigenvalue weighted by molar-refractivity contribution is 4.65. The molecule has 80 valence electrons. The maximum atomic E-state index is 5.40. The number of hydrogen-bond acceptors (Lipinski definition) is 3. The van der Waals surface area contributed by atoms with Crippen LogP contribution in [0.4, 0.5) is 0 Å². The first-order valence-corrected chi connectivity index (χ1v) is 4.90. The minimum atomic E-state index is -0.533. The molecule has 0 atom stereocenters. The molecule has 0 spiro atoms. The largest absolute Gasteiger partial charge is 0.341 e. The van der Waals surface area contributed by atoms with Gasteiger partial charge in [0.15, 0.2) is 0 Å². The lowest BCUT2D eigenvalue weighted by atomic mass is 10.1. The Labute approximate surface area is 82.0 Å². The van der Waals surface area contributed by atoms with E-state index in [0.29, 0.717) is 0 Å². The number of rotatable bonds is 7. The average molecular weight is 189 g/mol. The summed E-state index contributed by atoms with van der Waals surface area (Å²) >= 11 is 0. The zero-order valence-corrected chi connectivity index (χ0v) is 9.59. The topological polar surface area (TPSA) is 21.7 Å². The van der Waals surface area contributed by atoms with E-state index in [9.17, 15) is 0 Å². The van der Waals surface area contributed by atoms with Crippen LogP contribution in [0.5, 0.6) is 0 Å². The summed E-state index contributed by atoms with van der Waals surface area (Å²) in [5.41, 5.74) is 0. The van der Waals surface area contributed by atoms with Gasteiger partial charge in [-0.3, -0.25) is 4.90 Å². The minimum Gasteiger partial charge on any atom is -0.341 e. The van der Waals surface area contributed by atoms with Gasteiger partial charge in [0.2, 0.25) is 5.91 Å². The SMILES string of the molecule is CCCCCC(OC)(OC)N(C)C. The standard InChI is InChI=1S/C10H23NO2/c1-6-7-8-9-10(12-4,13-5)11(2)3/h6-9H2,1-5H3. The second-order valence-electron chi connectivity index (χ2n) is 3.47. The maximum Gasteiger partial charge on any atom is 0.228 e. The van der Waals surface area contributed by atoms with Crippen LogP contribution in [-0.2, 0) is 9.47 Å². The molecule has 0 fully saturated rings. The smallest absolute Gasteiger partial charge is 0.228 e. The quantitative estimate of drug-likeness (QED) is 0.452. The van der Waals surface area contributed by atoms with Gasteiger partial charge in [-0.05, 0) is 20.5 Å². The van der Waals surface area contributed by atoms with E-state index in [0.717, 1.165) is 12.8 Å². The lowest BCUT2D eigenvalue weighted by Gasteiger charge is -2.36. The van der Waals surface area contributed by atoms with Gasteiger partial charge in [-0.25, -0.2) is 0 Å². The fourth-order valence-corrected chi connectivity index (χ4v) is 1.47. The van der Waals surface area contributed by atoms with Gasteiger partial charge in [0.05, 0.1) is 0 Å². The Morgan fingerprint density at radius 3 is 1.92 bits per heavy atom. The van der Waals surface area contributed by atoms with E-state index in [2.05, 4.69) is 6.92 Å². The molecule has 0 aliphatic carbocycles. The van der Waals surface area contributed by atoms with Crippen molar-refractivity contribution in [3.63, 3.8) is 0 Å². The first-order valence-electron chi connectivity index (χ1n) is 4.90. The Bertz CT molecular complexity index is 122. The van der Waals surface area contributed by atoms with Crippen LogP contribution < -0.4 is 0 Å². The number of ether oxygens (including phenoxy) is 2. The van der Waals surface area contributed by atoms with Crippen molar-refractivity contribution in [2.24, 2.45) is 0 Å². The summed E-state index contributed by atoms with van der Waals surface area (Å²) in [5.74, 6) is -0.533. The third-order valence-corrected chi connectivity index (χ3v) is 2.42. The molecule has 0 aromatic carbocycles. The van der Waals surface area contributed by atoms with Crippen LogP contribution in [0.2, 0.25) is 0 Å². The van der Waals surface area contributed by atoms with E-state index in [1.165, 1.54) is 12.8 Å². The number of hydrogen-bond donors (Lipinski definition) is 0. The van der Waals surface area contributed by atoms with Crippen molar-refractivity contribution >= 4 is 0 Å². The highest BCUT2D eigenvalue weighted by Gasteiger charge is 2.31. The van der Waals surface area contributed by atoms with Crippen LogP contribution in [0.1, 0.15) is 32.6 Å². The molecule has 0 unspecified atom stereocenters. The van der Waals surface area contributed by atoms with Crippen molar-refractivity contribution in [2.75, 3.05) is 28.3 Å². The van der Waals surface area contributed by atoms with Crippen molar-refractivity contribution in [3.8, 4) is 0 Å². The molecule has 13 heavy (non-hydrogen) atoms. The lowest BCUT2D eigenvalue weighted by Crippen LogP contribution is -2.47. The molecule has 0 heterocycles. The fourth-order valence-electron chi connectivity index (χ4n) is 1.47. The summed E-state index contributed by atoms with van der Waals surface area (Å²) in [6, 6.07) is 0. The maximum absolute atomic E-state index is 5.40. The molecule has 0 aliphatic heterocycles. The van der Waals surface area contributed by atoms with Crippen molar-refractivity contribution in [1.29, 1.82) is 0 Å². The van der Waals surface area contributed by atoms with E-state index in [1.807, 2.05) is 19.0 Å². The van der Waals surface area contributed by atoms with Crippen molar-refractivity contribution < 1.29 is 9.47 Å². The molecule has 0 aromatic heterocycles. The predicted molar refractivity (Wildman–Crippen MR) is 54.6 cm³/mol. The Balaban J connectivity index is 4.06. The van der Waals surface area contributed by atoms with Crippen molar-refractivity contribution in [3.05, 3.63) is 0 Å². The molecule has 0 saturated carbocycles. The van der Waals surface area contributed by atoms with Gasteiger partial charge in [0.1, 0.15) is 0 Å². The molecule has 0 saturated heterocycles. The Morgan fingerprint density at radius 2 is 1.62 bits per heavy atom. The third kappa shape index (κ3) is 3.63. The van der Waals surface area contributed by atoms with Crippen LogP contribution >= 0.6 is 0 Å². The first-order chi connectivity index (χ1) is 6.13. The average Bonchev–Trinajstić information content (AvgIpc) is 2.13. The molecular weight excluding hydrogens is 166 g/mol. The van der Waals surface area contributed by atoms with Gasteiger partial charge in [0.25, 0.3) is 0 Å². The normalized spacial score (nSPS) is 12.5. The van der Waals surface area contributed by atoms with Crippen LogP contribution in [0.25, 0.3) is 0 Å². The van der Waals surface area contributed by atoms with E-state index >= 15 is 0 Å². The monoisotopic (exact) mass is 189 g/mol. The van der Waals surface area contributed by atoms with Gasteiger partial charge in [-0.2, -0.15) is 0 Å². The molecule has 3 nitrogen and oxygen atoms in total. The minimum absolute atomic E-state index is 0.533. The van der Waals surface area contributed by atoms with E-state index in [4.69, 9.17) is 9.47 Å². The summed E-state index contributed by atoms with van der Waals surface area (Å²) in [7, 11) is 7.32. The summed E-state index contributed by atoms with van der Waals surface area (Å²) in [6.07, 6.45) is 4.50. The third-order valence-electron chi connectivity index (χ3n) is 2.42. The number of nitrogens with zero attached hydrogens (tertiary/aromatic N) is 1. The predicted octanol–water partition coefficient (Wildman–Crippen LogP) is 2.07. The summed E-state index contributed by atoms with van der Waals surface area (Å²) in [6.45, 7) is 2.19. The van der Waals surface area contributed by atoms with Crippen LogP contribution in [0.15, 0.2) is 0 Å². The molecule has 3 heteroatoms. The van der Waals surface area contributed by atoms with E-state index in [1.54, 1.807) is 14.2 Å². The molecule has 0 aliphatic rings. The molecule has 0 amide bonds. The molecule has 0 N–H and O–H groups in total. The Hall–Kier alpha value is -0.120. The van der Waals surface area contributed by atoms with Crippen LogP contribution in [0, 0.1) is 0 Å². The zero-order chi connectivity index (χ0) is 10.3. The highest BCUT2D eigenvalue weighted by Crippen LogP contribution is 2.22. The van der Waals surface area contributed by atoms with Gasteiger partial charge in [0, 0.05) is 20.6 Å². The van der Waals surface area contributed by atoms with E-state index < -0.39 is 5.91 Å². The summed E-state index contributed by atoms with van der Waals surface area (Å²) in [4.78, 5) is 1.97. The lowest BCUT2D eigenvalue weighted by molar-refractivity contribution is -0.286. The Morgan fingerprint density at radius 1 is 1.08 bits per heavy atom. The molecule has 0 bridgehead atoms. The van der Waals surface area contributed by atoms with Crippen LogP contribution in [0.3, 0.4) is 0 Å². The molecular formula is C10H23NO2. The number of unbranched alkanes of at least 4 members (excludes halogenated alkanes) is 2. The van der Waals surface area contributed by atoms with Crippen molar-refractivity contribution in [1.82, 2.24) is 4.90 Å². The van der Waals surface area contributed by atoms with Crippen molar-refractivity contribution in [2.45, 2.75) is 38.5 Å². The molecule has 0 rings (SSSR count). The Kier molecular flexibility index (Phi) is 6.29. The second-order valence-corrected chi connectivity index (χ2v) is 3.47. The highest BCUT2D eigenvalue weighted by atomic mass is 16.7. The molecule has 0 radical (unpaired) electrons. The number of methoxy groups -OCH3 is 2. The van der Waals surface area contributed by atoms with Crippen LogP contribution in [-0.4, -0.2) is 39.1 Å². The summed E-state index contributed by atoms with van der Waals surface area (Å²) in [5, 5.41) is 0. The van der Waals surface area contributed by atoms with Gasteiger partial charge in [-0.15, -0.1) is 0 Å².